The number of hydrogen-bond donors (Lipinski definition) is 2. The molecular formula is C19H21N3O3S. The van der Waals surface area contributed by atoms with Gasteiger partial charge in [-0.1, -0.05) is 0 Å². The Hall–Kier alpha value is -2.64. The zero-order chi connectivity index (χ0) is 18.7. The van der Waals surface area contributed by atoms with Gasteiger partial charge in [-0.25, -0.2) is 4.98 Å². The monoisotopic (exact) mass is 371 g/mol. The summed E-state index contributed by atoms with van der Waals surface area (Å²) in [7, 11) is 1.63. The average Bonchev–Trinajstić information content (AvgIpc) is 3.25. The first-order chi connectivity index (χ1) is 12.5. The van der Waals surface area contributed by atoms with Crippen LogP contribution in [-0.4, -0.2) is 34.3 Å². The van der Waals surface area contributed by atoms with Crippen LogP contribution in [0.15, 0.2) is 35.7 Å². The molecule has 3 rings (SSSR count). The number of carbonyl (C=O) groups excluding carboxylic acids is 1. The minimum atomic E-state index is -0.461. The molecule has 0 atom stereocenters. The van der Waals surface area contributed by atoms with Crippen molar-refractivity contribution in [2.24, 2.45) is 5.73 Å². The lowest BCUT2D eigenvalue weighted by Crippen LogP contribution is -2.12. The van der Waals surface area contributed by atoms with Gasteiger partial charge in [0.1, 0.15) is 10.8 Å². The first-order valence-electron chi connectivity index (χ1n) is 8.26. The van der Waals surface area contributed by atoms with E-state index in [1.165, 1.54) is 11.3 Å². The Morgan fingerprint density at radius 2 is 2.08 bits per heavy atom. The minimum Gasteiger partial charge on any atom is -0.497 e. The molecule has 0 aliphatic rings. The summed E-state index contributed by atoms with van der Waals surface area (Å²) >= 11 is 1.54. The van der Waals surface area contributed by atoms with Crippen molar-refractivity contribution in [2.45, 2.75) is 19.9 Å². The number of amides is 1. The number of aliphatic hydroxyl groups is 1. The van der Waals surface area contributed by atoms with E-state index in [0.29, 0.717) is 18.5 Å². The van der Waals surface area contributed by atoms with Gasteiger partial charge in [-0.3, -0.25) is 4.79 Å². The average molecular weight is 371 g/mol. The van der Waals surface area contributed by atoms with Crippen LogP contribution in [0.2, 0.25) is 0 Å². The zero-order valence-electron chi connectivity index (χ0n) is 14.7. The number of thiazole rings is 1. The standard InChI is InChI=1S/C19H21N3O3S/c1-12-15(18(20)24)10-17(22(12)8-3-9-23)16-11-26-19(21-16)13-4-6-14(25-2)7-5-13/h4-7,10-11,23H,3,8-9H2,1-2H3,(H2,20,24). The summed E-state index contributed by atoms with van der Waals surface area (Å²) < 4.78 is 7.18. The van der Waals surface area contributed by atoms with Crippen LogP contribution in [0.3, 0.4) is 0 Å². The number of ether oxygens (including phenoxy) is 1. The fraction of sp³-hybridized carbons (Fsp3) is 0.263. The highest BCUT2D eigenvalue weighted by molar-refractivity contribution is 7.13. The summed E-state index contributed by atoms with van der Waals surface area (Å²) in [6.45, 7) is 2.54. The van der Waals surface area contributed by atoms with Crippen molar-refractivity contribution in [3.8, 4) is 27.7 Å². The fourth-order valence-corrected chi connectivity index (χ4v) is 3.70. The molecular weight excluding hydrogens is 350 g/mol. The molecule has 3 N–H and O–H groups in total. The quantitative estimate of drug-likeness (QED) is 0.668. The number of methoxy groups -OCH3 is 1. The summed E-state index contributed by atoms with van der Waals surface area (Å²) in [6.07, 6.45) is 0.593. The van der Waals surface area contributed by atoms with Gasteiger partial charge >= 0.3 is 0 Å². The van der Waals surface area contributed by atoms with Crippen molar-refractivity contribution in [3.05, 3.63) is 47.0 Å². The molecule has 1 amide bonds. The van der Waals surface area contributed by atoms with Gasteiger partial charge in [0.15, 0.2) is 0 Å². The van der Waals surface area contributed by atoms with E-state index in [1.807, 2.05) is 41.1 Å². The highest BCUT2D eigenvalue weighted by atomic mass is 32.1. The number of nitrogens with zero attached hydrogens (tertiary/aromatic N) is 2. The van der Waals surface area contributed by atoms with Gasteiger partial charge in [-0.05, 0) is 43.7 Å². The number of carbonyl (C=O) groups is 1. The number of rotatable bonds is 7. The van der Waals surface area contributed by atoms with Crippen LogP contribution >= 0.6 is 11.3 Å². The fourth-order valence-electron chi connectivity index (χ4n) is 2.88. The zero-order valence-corrected chi connectivity index (χ0v) is 15.5. The first kappa shape index (κ1) is 18.2. The molecule has 136 valence electrons. The van der Waals surface area contributed by atoms with Gasteiger partial charge in [0.2, 0.25) is 0 Å². The molecule has 0 fully saturated rings. The van der Waals surface area contributed by atoms with E-state index in [-0.39, 0.29) is 6.61 Å². The normalized spacial score (nSPS) is 10.9. The van der Waals surface area contributed by atoms with Crippen molar-refractivity contribution in [1.82, 2.24) is 9.55 Å². The number of benzene rings is 1. The number of nitrogens with two attached hydrogens (primary N) is 1. The third kappa shape index (κ3) is 3.49. The van der Waals surface area contributed by atoms with E-state index in [0.717, 1.165) is 33.4 Å². The van der Waals surface area contributed by atoms with Gasteiger partial charge < -0.3 is 20.1 Å². The summed E-state index contributed by atoms with van der Waals surface area (Å²) in [5.74, 6) is 0.335. The first-order valence-corrected chi connectivity index (χ1v) is 9.14. The summed E-state index contributed by atoms with van der Waals surface area (Å²) in [6, 6.07) is 9.51. The van der Waals surface area contributed by atoms with Crippen molar-refractivity contribution in [1.29, 1.82) is 0 Å². The van der Waals surface area contributed by atoms with Crippen molar-refractivity contribution in [3.63, 3.8) is 0 Å². The lowest BCUT2D eigenvalue weighted by Gasteiger charge is -2.09. The van der Waals surface area contributed by atoms with Crippen LogP contribution in [0.4, 0.5) is 0 Å². The molecule has 7 heteroatoms. The maximum Gasteiger partial charge on any atom is 0.250 e. The molecule has 0 radical (unpaired) electrons. The van der Waals surface area contributed by atoms with Crippen molar-refractivity contribution < 1.29 is 14.6 Å². The summed E-state index contributed by atoms with van der Waals surface area (Å²) in [4.78, 5) is 16.4. The number of primary amides is 1. The van der Waals surface area contributed by atoms with E-state index in [1.54, 1.807) is 13.2 Å². The second-order valence-electron chi connectivity index (χ2n) is 5.89. The maximum absolute atomic E-state index is 11.7. The molecule has 0 saturated heterocycles. The molecule has 6 nitrogen and oxygen atoms in total. The number of aliphatic hydroxyl groups excluding tert-OH is 1. The number of hydrogen-bond acceptors (Lipinski definition) is 5. The Bertz CT molecular complexity index is 913. The third-order valence-corrected chi connectivity index (χ3v) is 5.17. The van der Waals surface area contributed by atoms with Gasteiger partial charge in [-0.2, -0.15) is 0 Å². The molecule has 0 bridgehead atoms. The molecule has 2 aromatic heterocycles. The summed E-state index contributed by atoms with van der Waals surface area (Å²) in [5.41, 5.74) is 9.39. The largest absolute Gasteiger partial charge is 0.497 e. The third-order valence-electron chi connectivity index (χ3n) is 4.28. The molecule has 3 aromatic rings. The lowest BCUT2D eigenvalue weighted by molar-refractivity contribution is 0.0999. The highest BCUT2D eigenvalue weighted by Gasteiger charge is 2.18. The lowest BCUT2D eigenvalue weighted by atomic mass is 10.2. The van der Waals surface area contributed by atoms with E-state index in [9.17, 15) is 4.79 Å². The molecule has 0 saturated carbocycles. The van der Waals surface area contributed by atoms with Gasteiger partial charge in [-0.15, -0.1) is 11.3 Å². The second kappa shape index (κ2) is 7.72. The molecule has 0 aliphatic carbocycles. The Morgan fingerprint density at radius 1 is 1.35 bits per heavy atom. The maximum atomic E-state index is 11.7. The van der Waals surface area contributed by atoms with Gasteiger partial charge in [0.25, 0.3) is 5.91 Å². The van der Waals surface area contributed by atoms with Crippen LogP contribution < -0.4 is 10.5 Å². The number of aromatic nitrogens is 2. The van der Waals surface area contributed by atoms with Crippen LogP contribution in [0.1, 0.15) is 22.5 Å². The van der Waals surface area contributed by atoms with E-state index >= 15 is 0 Å². The van der Waals surface area contributed by atoms with Crippen LogP contribution in [0, 0.1) is 6.92 Å². The van der Waals surface area contributed by atoms with Crippen molar-refractivity contribution >= 4 is 17.2 Å². The van der Waals surface area contributed by atoms with Gasteiger partial charge in [0.05, 0.1) is 24.1 Å². The van der Waals surface area contributed by atoms with E-state index in [2.05, 4.69) is 0 Å². The van der Waals surface area contributed by atoms with Crippen LogP contribution in [0.25, 0.3) is 22.0 Å². The molecule has 0 spiro atoms. The predicted octanol–water partition coefficient (Wildman–Crippen LogP) is 3.08. The Morgan fingerprint density at radius 3 is 2.69 bits per heavy atom. The topological polar surface area (TPSA) is 90.4 Å². The Kier molecular flexibility index (Phi) is 5.39. The highest BCUT2D eigenvalue weighted by Crippen LogP contribution is 2.32. The molecule has 0 unspecified atom stereocenters. The predicted molar refractivity (Wildman–Crippen MR) is 102 cm³/mol. The Labute approximate surface area is 155 Å². The molecule has 0 aliphatic heterocycles. The van der Waals surface area contributed by atoms with Crippen molar-refractivity contribution in [2.75, 3.05) is 13.7 Å². The molecule has 26 heavy (non-hydrogen) atoms. The summed E-state index contributed by atoms with van der Waals surface area (Å²) in [5, 5.41) is 12.0. The minimum absolute atomic E-state index is 0.0805. The second-order valence-corrected chi connectivity index (χ2v) is 6.75. The molecule has 2 heterocycles. The van der Waals surface area contributed by atoms with Crippen LogP contribution in [0.5, 0.6) is 5.75 Å². The molecule has 1 aromatic carbocycles. The SMILES string of the molecule is COc1ccc(-c2nc(-c3cc(C(N)=O)c(C)n3CCCO)cs2)cc1. The van der Waals surface area contributed by atoms with E-state index in [4.69, 9.17) is 20.6 Å². The van der Waals surface area contributed by atoms with Crippen LogP contribution in [-0.2, 0) is 6.54 Å². The van der Waals surface area contributed by atoms with Gasteiger partial charge in [0, 0.05) is 29.8 Å². The smallest absolute Gasteiger partial charge is 0.250 e. The Balaban J connectivity index is 1.99. The van der Waals surface area contributed by atoms with E-state index < -0.39 is 5.91 Å².